The number of halogens is 1. The molecule has 2 saturated heterocycles. The van der Waals surface area contributed by atoms with Crippen molar-refractivity contribution in [2.45, 2.75) is 19.3 Å². The van der Waals surface area contributed by atoms with Crippen LogP contribution >= 0.6 is 0 Å². The molecule has 1 aromatic heterocycles. The fraction of sp³-hybridized carbons (Fsp3) is 0.440. The third-order valence-corrected chi connectivity index (χ3v) is 6.12. The molecule has 0 atom stereocenters. The molecule has 170 valence electrons. The maximum Gasteiger partial charge on any atom is 0.246 e. The number of rotatable bonds is 7. The molecule has 2 aromatic rings. The fourth-order valence-electron chi connectivity index (χ4n) is 4.14. The lowest BCUT2D eigenvalue weighted by Gasteiger charge is -2.33. The summed E-state index contributed by atoms with van der Waals surface area (Å²) >= 11 is 0. The van der Waals surface area contributed by atoms with Crippen LogP contribution < -0.4 is 4.74 Å². The van der Waals surface area contributed by atoms with Crippen molar-refractivity contribution in [1.82, 2.24) is 14.8 Å². The first-order valence-electron chi connectivity index (χ1n) is 11.3. The summed E-state index contributed by atoms with van der Waals surface area (Å²) in [7, 11) is 0. The van der Waals surface area contributed by atoms with Gasteiger partial charge in [-0.3, -0.25) is 14.7 Å². The number of hydrogen-bond donors (Lipinski definition) is 0. The van der Waals surface area contributed by atoms with E-state index in [9.17, 15) is 9.18 Å². The van der Waals surface area contributed by atoms with E-state index in [2.05, 4.69) is 9.88 Å². The van der Waals surface area contributed by atoms with Gasteiger partial charge in [-0.05, 0) is 67.6 Å². The summed E-state index contributed by atoms with van der Waals surface area (Å²) in [4.78, 5) is 20.9. The lowest BCUT2D eigenvalue weighted by Crippen LogP contribution is -2.40. The Bertz CT molecular complexity index is 908. The number of carbonyl (C=O) groups excluding carboxylic acids is 1. The average Bonchev–Trinajstić information content (AvgIpc) is 2.84. The van der Waals surface area contributed by atoms with E-state index < -0.39 is 5.82 Å². The number of likely N-dealkylation sites (tertiary alicyclic amines) is 1. The van der Waals surface area contributed by atoms with Gasteiger partial charge >= 0.3 is 0 Å². The van der Waals surface area contributed by atoms with E-state index in [4.69, 9.17) is 9.47 Å². The van der Waals surface area contributed by atoms with Gasteiger partial charge in [0.05, 0.1) is 19.4 Å². The van der Waals surface area contributed by atoms with Crippen molar-refractivity contribution in [3.05, 3.63) is 60.2 Å². The lowest BCUT2D eigenvalue weighted by molar-refractivity contribution is -0.127. The molecule has 2 aliphatic heterocycles. The van der Waals surface area contributed by atoms with Crippen LogP contribution in [-0.4, -0.2) is 66.6 Å². The monoisotopic (exact) mass is 439 g/mol. The SMILES string of the molecule is O=C(/C=C/c1ccc(Oc2cccnc2)c(F)c1)N1CCC(CCN2CCOCC2)CC1. The second kappa shape index (κ2) is 11.2. The highest BCUT2D eigenvalue weighted by atomic mass is 19.1. The van der Waals surface area contributed by atoms with Gasteiger partial charge in [-0.2, -0.15) is 0 Å². The molecule has 1 aromatic carbocycles. The van der Waals surface area contributed by atoms with Gasteiger partial charge in [0.1, 0.15) is 5.75 Å². The van der Waals surface area contributed by atoms with Crippen molar-refractivity contribution < 1.29 is 18.7 Å². The number of aromatic nitrogens is 1. The normalized spacial score (nSPS) is 18.2. The van der Waals surface area contributed by atoms with Crippen molar-refractivity contribution >= 4 is 12.0 Å². The van der Waals surface area contributed by atoms with Crippen LogP contribution in [0, 0.1) is 11.7 Å². The van der Waals surface area contributed by atoms with Crippen LogP contribution in [-0.2, 0) is 9.53 Å². The molecule has 0 bridgehead atoms. The van der Waals surface area contributed by atoms with Gasteiger partial charge in [0, 0.05) is 38.5 Å². The molecule has 1 amide bonds. The van der Waals surface area contributed by atoms with Crippen molar-refractivity contribution in [2.24, 2.45) is 5.92 Å². The summed E-state index contributed by atoms with van der Waals surface area (Å²) in [5.41, 5.74) is 0.620. The van der Waals surface area contributed by atoms with Crippen LogP contribution in [0.15, 0.2) is 48.8 Å². The predicted molar refractivity (Wildman–Crippen MR) is 121 cm³/mol. The van der Waals surface area contributed by atoms with E-state index in [1.54, 1.807) is 36.5 Å². The van der Waals surface area contributed by atoms with Crippen molar-refractivity contribution in [1.29, 1.82) is 0 Å². The van der Waals surface area contributed by atoms with Crippen LogP contribution in [0.3, 0.4) is 0 Å². The molecule has 6 nitrogen and oxygen atoms in total. The smallest absolute Gasteiger partial charge is 0.246 e. The highest BCUT2D eigenvalue weighted by molar-refractivity contribution is 5.91. The van der Waals surface area contributed by atoms with Crippen LogP contribution in [0.1, 0.15) is 24.8 Å². The molecule has 0 aliphatic carbocycles. The molecule has 0 radical (unpaired) electrons. The first-order valence-corrected chi connectivity index (χ1v) is 11.3. The number of pyridine rings is 1. The molecule has 2 fully saturated rings. The number of hydrogen-bond acceptors (Lipinski definition) is 5. The Morgan fingerprint density at radius 3 is 2.72 bits per heavy atom. The van der Waals surface area contributed by atoms with Crippen molar-refractivity contribution in [2.75, 3.05) is 45.9 Å². The van der Waals surface area contributed by atoms with Crippen molar-refractivity contribution in [3.63, 3.8) is 0 Å². The third kappa shape index (κ3) is 6.37. The number of carbonyl (C=O) groups is 1. The van der Waals surface area contributed by atoms with E-state index in [0.29, 0.717) is 17.2 Å². The number of amides is 1. The molecule has 4 rings (SSSR count). The summed E-state index contributed by atoms with van der Waals surface area (Å²) in [6.07, 6.45) is 9.61. The average molecular weight is 440 g/mol. The Balaban J connectivity index is 1.23. The van der Waals surface area contributed by atoms with E-state index in [1.165, 1.54) is 24.8 Å². The molecule has 0 N–H and O–H groups in total. The van der Waals surface area contributed by atoms with E-state index in [1.807, 2.05) is 4.90 Å². The molecule has 0 saturated carbocycles. The Hall–Kier alpha value is -2.77. The van der Waals surface area contributed by atoms with E-state index >= 15 is 0 Å². The van der Waals surface area contributed by atoms with Gasteiger partial charge in [0.2, 0.25) is 5.91 Å². The Labute approximate surface area is 188 Å². The molecule has 2 aliphatic rings. The van der Waals surface area contributed by atoms with E-state index in [0.717, 1.165) is 58.8 Å². The fourth-order valence-corrected chi connectivity index (χ4v) is 4.14. The van der Waals surface area contributed by atoms with Crippen LogP contribution in [0.2, 0.25) is 0 Å². The summed E-state index contributed by atoms with van der Waals surface area (Å²) in [6, 6.07) is 8.10. The maximum atomic E-state index is 14.4. The highest BCUT2D eigenvalue weighted by Crippen LogP contribution is 2.25. The van der Waals surface area contributed by atoms with E-state index in [-0.39, 0.29) is 11.7 Å². The standard InChI is InChI=1S/C25H30FN3O3/c26-23-18-21(3-5-24(23)32-22-2-1-10-27-19-22)4-6-25(30)29-12-8-20(9-13-29)7-11-28-14-16-31-17-15-28/h1-6,10,18-20H,7-9,11-17H2/b6-4+. The molecular formula is C25H30FN3O3. The zero-order valence-electron chi connectivity index (χ0n) is 18.3. The predicted octanol–water partition coefficient (Wildman–Crippen LogP) is 3.99. The highest BCUT2D eigenvalue weighted by Gasteiger charge is 2.22. The Morgan fingerprint density at radius 2 is 2.00 bits per heavy atom. The molecular weight excluding hydrogens is 409 g/mol. The molecule has 0 spiro atoms. The second-order valence-electron chi connectivity index (χ2n) is 8.33. The summed E-state index contributed by atoms with van der Waals surface area (Å²) in [5.74, 6) is 0.767. The minimum Gasteiger partial charge on any atom is -0.453 e. The zero-order valence-corrected chi connectivity index (χ0v) is 18.3. The zero-order chi connectivity index (χ0) is 22.2. The number of piperidine rings is 1. The minimum absolute atomic E-state index is 0.0206. The summed E-state index contributed by atoms with van der Waals surface area (Å²) in [6.45, 7) is 6.41. The quantitative estimate of drug-likeness (QED) is 0.611. The second-order valence-corrected chi connectivity index (χ2v) is 8.33. The van der Waals surface area contributed by atoms with Crippen LogP contribution in [0.25, 0.3) is 6.08 Å². The number of benzene rings is 1. The van der Waals surface area contributed by atoms with Gasteiger partial charge in [-0.1, -0.05) is 6.07 Å². The number of morpholine rings is 1. The third-order valence-electron chi connectivity index (χ3n) is 6.12. The number of ether oxygens (including phenoxy) is 2. The van der Waals surface area contributed by atoms with Gasteiger partial charge in [-0.15, -0.1) is 0 Å². The van der Waals surface area contributed by atoms with Crippen LogP contribution in [0.4, 0.5) is 4.39 Å². The summed E-state index contributed by atoms with van der Waals surface area (Å²) in [5, 5.41) is 0. The van der Waals surface area contributed by atoms with Gasteiger partial charge in [0.15, 0.2) is 11.6 Å². The lowest BCUT2D eigenvalue weighted by atomic mass is 9.93. The van der Waals surface area contributed by atoms with Crippen molar-refractivity contribution in [3.8, 4) is 11.5 Å². The Kier molecular flexibility index (Phi) is 7.85. The first kappa shape index (κ1) is 22.4. The minimum atomic E-state index is -0.482. The van der Waals surface area contributed by atoms with Crippen LogP contribution in [0.5, 0.6) is 11.5 Å². The number of nitrogens with zero attached hydrogens (tertiary/aromatic N) is 3. The Morgan fingerprint density at radius 1 is 1.19 bits per heavy atom. The molecule has 3 heterocycles. The van der Waals surface area contributed by atoms with Gasteiger partial charge in [0.25, 0.3) is 0 Å². The molecule has 7 heteroatoms. The topological polar surface area (TPSA) is 54.9 Å². The van der Waals surface area contributed by atoms with Gasteiger partial charge in [-0.25, -0.2) is 4.39 Å². The summed E-state index contributed by atoms with van der Waals surface area (Å²) < 4.78 is 25.3. The first-order chi connectivity index (χ1) is 15.7. The molecule has 0 unspecified atom stereocenters. The largest absolute Gasteiger partial charge is 0.453 e. The molecule has 32 heavy (non-hydrogen) atoms. The maximum absolute atomic E-state index is 14.4. The van der Waals surface area contributed by atoms with Gasteiger partial charge < -0.3 is 14.4 Å².